The third-order valence-corrected chi connectivity index (χ3v) is 6.81. The van der Waals surface area contributed by atoms with Gasteiger partial charge in [-0.05, 0) is 43.9 Å². The number of esters is 1. The molecule has 0 radical (unpaired) electrons. The van der Waals surface area contributed by atoms with Crippen LogP contribution in [0.5, 0.6) is 0 Å². The van der Waals surface area contributed by atoms with Crippen LogP contribution in [0.3, 0.4) is 0 Å². The number of aromatic nitrogens is 4. The molecule has 0 bridgehead atoms. The van der Waals surface area contributed by atoms with Gasteiger partial charge in [-0.1, -0.05) is 18.6 Å². The van der Waals surface area contributed by atoms with Crippen molar-refractivity contribution in [3.05, 3.63) is 73.8 Å². The first-order valence-electron chi connectivity index (χ1n) is 11.8. The van der Waals surface area contributed by atoms with E-state index in [4.69, 9.17) is 4.74 Å². The number of carbonyl (C=O) groups excluding carboxylic acids is 1. The number of benzene rings is 2. The average molecular weight is 491 g/mol. The Kier molecular flexibility index (Phi) is 5.91. The summed E-state index contributed by atoms with van der Waals surface area (Å²) in [5, 5.41) is 20.2. The monoisotopic (exact) mass is 490 g/mol. The highest BCUT2D eigenvalue weighted by atomic mass is 16.6. The number of nitrogens with zero attached hydrogens (tertiary/aromatic N) is 6. The molecule has 0 spiro atoms. The van der Waals surface area contributed by atoms with Crippen molar-refractivity contribution in [2.45, 2.75) is 33.3 Å². The molecule has 1 aliphatic heterocycles. The number of nitro groups is 1. The number of rotatable bonds is 5. The average Bonchev–Trinajstić information content (AvgIpc) is 3.30. The lowest BCUT2D eigenvalue weighted by molar-refractivity contribution is -0.384. The number of hydrogen-bond acceptors (Lipinski definition) is 8. The van der Waals surface area contributed by atoms with Gasteiger partial charge in [0, 0.05) is 32.3 Å². The van der Waals surface area contributed by atoms with Crippen molar-refractivity contribution in [3.63, 3.8) is 0 Å². The number of non-ortho nitro benzene ring substituents is 1. The zero-order valence-electron chi connectivity index (χ0n) is 20.3. The Morgan fingerprint density at radius 1 is 1.17 bits per heavy atom. The number of ether oxygens (including phenoxy) is 1. The van der Waals surface area contributed by atoms with Crippen LogP contribution < -0.4 is 10.5 Å². The fourth-order valence-electron chi connectivity index (χ4n) is 4.69. The molecule has 4 aromatic rings. The molecule has 0 N–H and O–H groups in total. The summed E-state index contributed by atoms with van der Waals surface area (Å²) in [4.78, 5) is 38.9. The van der Waals surface area contributed by atoms with Gasteiger partial charge in [0.1, 0.15) is 0 Å². The van der Waals surface area contributed by atoms with E-state index >= 15 is 0 Å². The van der Waals surface area contributed by atoms with Crippen LogP contribution in [0.4, 0.5) is 11.4 Å². The molecule has 0 unspecified atom stereocenters. The van der Waals surface area contributed by atoms with Crippen LogP contribution in [0.2, 0.25) is 0 Å². The summed E-state index contributed by atoms with van der Waals surface area (Å²) < 4.78 is 8.70. The van der Waals surface area contributed by atoms with Gasteiger partial charge in [0.2, 0.25) is 5.78 Å². The molecule has 0 saturated carbocycles. The van der Waals surface area contributed by atoms with E-state index in [9.17, 15) is 19.7 Å². The van der Waals surface area contributed by atoms with Crippen LogP contribution in [-0.4, -0.2) is 43.1 Å². The molecule has 11 nitrogen and oxygen atoms in total. The first kappa shape index (κ1) is 23.5. The smallest absolute Gasteiger partial charge is 0.340 e. The van der Waals surface area contributed by atoms with E-state index in [-0.39, 0.29) is 23.4 Å². The van der Waals surface area contributed by atoms with E-state index in [2.05, 4.69) is 22.0 Å². The minimum atomic E-state index is -0.686. The van der Waals surface area contributed by atoms with Gasteiger partial charge >= 0.3 is 5.97 Å². The number of anilines is 1. The van der Waals surface area contributed by atoms with Gasteiger partial charge in [-0.15, -0.1) is 10.2 Å². The first-order chi connectivity index (χ1) is 17.2. The van der Waals surface area contributed by atoms with Crippen molar-refractivity contribution in [1.82, 2.24) is 19.2 Å². The second-order valence-corrected chi connectivity index (χ2v) is 9.34. The summed E-state index contributed by atoms with van der Waals surface area (Å²) in [5.74, 6) is 0.557. The van der Waals surface area contributed by atoms with Gasteiger partial charge in [-0.25, -0.2) is 4.79 Å². The quantitative estimate of drug-likeness (QED) is 0.237. The third-order valence-electron chi connectivity index (χ3n) is 6.81. The maximum absolute atomic E-state index is 13.2. The fourth-order valence-corrected chi connectivity index (χ4v) is 4.69. The molecule has 1 fully saturated rings. The lowest BCUT2D eigenvalue weighted by Gasteiger charge is -2.33. The van der Waals surface area contributed by atoms with Gasteiger partial charge < -0.3 is 9.64 Å². The minimum Gasteiger partial charge on any atom is -0.454 e. The van der Waals surface area contributed by atoms with E-state index in [0.717, 1.165) is 31.5 Å². The fraction of sp³-hybridized carbons (Fsp3) is 0.360. The molecule has 5 rings (SSSR count). The molecular formula is C25H26N6O5. The topological polar surface area (TPSA) is 125 Å². The number of fused-ring (bicyclic) bond motifs is 3. The summed E-state index contributed by atoms with van der Waals surface area (Å²) in [7, 11) is 1.61. The molecule has 1 aliphatic rings. The Bertz CT molecular complexity index is 1560. The summed E-state index contributed by atoms with van der Waals surface area (Å²) >= 11 is 0. The summed E-state index contributed by atoms with van der Waals surface area (Å²) in [6.07, 6.45) is 1.95. The minimum absolute atomic E-state index is 0.139. The van der Waals surface area contributed by atoms with Crippen molar-refractivity contribution in [2.75, 3.05) is 18.0 Å². The lowest BCUT2D eigenvalue weighted by Crippen LogP contribution is -2.34. The Hall–Kier alpha value is -4.28. The molecule has 186 valence electrons. The van der Waals surface area contributed by atoms with E-state index in [1.54, 1.807) is 23.6 Å². The zero-order valence-corrected chi connectivity index (χ0v) is 20.3. The Labute approximate surface area is 206 Å². The zero-order chi connectivity index (χ0) is 25.6. The second kappa shape index (κ2) is 9.06. The van der Waals surface area contributed by atoms with Crippen molar-refractivity contribution in [2.24, 2.45) is 13.0 Å². The van der Waals surface area contributed by atoms with Gasteiger partial charge in [0.25, 0.3) is 11.2 Å². The number of carbonyl (C=O) groups is 1. The highest BCUT2D eigenvalue weighted by Gasteiger charge is 2.25. The largest absolute Gasteiger partial charge is 0.454 e. The van der Waals surface area contributed by atoms with Crippen molar-refractivity contribution >= 4 is 34.0 Å². The van der Waals surface area contributed by atoms with Crippen molar-refractivity contribution < 1.29 is 14.5 Å². The normalized spacial score (nSPS) is 14.5. The van der Waals surface area contributed by atoms with Gasteiger partial charge in [-0.3, -0.25) is 23.9 Å². The van der Waals surface area contributed by atoms with Crippen LogP contribution in [0.1, 0.15) is 41.5 Å². The molecule has 0 amide bonds. The number of hydrogen-bond donors (Lipinski definition) is 0. The highest BCUT2D eigenvalue weighted by molar-refractivity contribution is 5.96. The Morgan fingerprint density at radius 3 is 2.64 bits per heavy atom. The molecule has 2 aromatic heterocycles. The van der Waals surface area contributed by atoms with Crippen LogP contribution in [0.15, 0.2) is 41.2 Å². The van der Waals surface area contributed by atoms with E-state index in [0.29, 0.717) is 34.1 Å². The maximum atomic E-state index is 13.2. The predicted octanol–water partition coefficient (Wildman–Crippen LogP) is 3.39. The van der Waals surface area contributed by atoms with E-state index < -0.39 is 10.9 Å². The third kappa shape index (κ3) is 4.06. The van der Waals surface area contributed by atoms with E-state index in [1.807, 2.05) is 19.1 Å². The summed E-state index contributed by atoms with van der Waals surface area (Å²) in [6, 6.07) is 9.77. The first-order valence-corrected chi connectivity index (χ1v) is 11.8. The van der Waals surface area contributed by atoms with Crippen LogP contribution in [0.25, 0.3) is 16.7 Å². The molecule has 3 heterocycles. The van der Waals surface area contributed by atoms with Crippen molar-refractivity contribution in [3.8, 4) is 0 Å². The highest BCUT2D eigenvalue weighted by Crippen LogP contribution is 2.30. The molecule has 1 saturated heterocycles. The van der Waals surface area contributed by atoms with Crippen molar-refractivity contribution in [1.29, 1.82) is 0 Å². The number of piperidine rings is 1. The Morgan fingerprint density at radius 2 is 1.92 bits per heavy atom. The molecule has 0 aliphatic carbocycles. The molecular weight excluding hydrogens is 464 g/mol. The maximum Gasteiger partial charge on any atom is 0.340 e. The SMILES string of the molecule is Cc1ccc2c(c1)c(=O)n(C)c1nnc(COC(=O)c3cc([N+](=O)[O-])ccc3N3CCC(C)CC3)n21. The summed E-state index contributed by atoms with van der Waals surface area (Å²) in [5.41, 5.74) is 1.92. The van der Waals surface area contributed by atoms with Gasteiger partial charge in [0.05, 0.1) is 27.1 Å². The van der Waals surface area contributed by atoms with Crippen LogP contribution in [-0.2, 0) is 18.4 Å². The van der Waals surface area contributed by atoms with Crippen LogP contribution in [0, 0.1) is 23.0 Å². The predicted molar refractivity (Wildman–Crippen MR) is 133 cm³/mol. The molecule has 36 heavy (non-hydrogen) atoms. The second-order valence-electron chi connectivity index (χ2n) is 9.34. The van der Waals surface area contributed by atoms with Crippen LogP contribution >= 0.6 is 0 Å². The molecule has 0 atom stereocenters. The number of aryl methyl sites for hydroxylation is 2. The Balaban J connectivity index is 1.49. The van der Waals surface area contributed by atoms with Gasteiger partial charge in [-0.2, -0.15) is 0 Å². The lowest BCUT2D eigenvalue weighted by atomic mass is 9.98. The summed E-state index contributed by atoms with van der Waals surface area (Å²) in [6.45, 7) is 5.38. The molecule has 11 heteroatoms. The van der Waals surface area contributed by atoms with Gasteiger partial charge in [0.15, 0.2) is 12.4 Å². The standard InChI is InChI=1S/C25H26N6O5/c1-15-8-10-29(11-9-15)20-7-5-17(31(34)35)13-19(20)24(33)36-14-22-26-27-25-28(3)23(32)18-12-16(2)4-6-21(18)30(22)25/h4-7,12-13,15H,8-11,14H2,1-3H3. The van der Waals surface area contributed by atoms with E-state index in [1.165, 1.54) is 16.7 Å². The number of nitro benzene ring substituents is 1. The molecule has 2 aromatic carbocycles.